The Hall–Kier alpha value is -2.26. The van der Waals surface area contributed by atoms with Crippen molar-refractivity contribution < 1.29 is 23.4 Å². The van der Waals surface area contributed by atoms with Gasteiger partial charge in [-0.2, -0.15) is 18.3 Å². The molecule has 0 spiro atoms. The van der Waals surface area contributed by atoms with E-state index in [2.05, 4.69) is 15.2 Å². The van der Waals surface area contributed by atoms with Crippen LogP contribution in [0, 0.1) is 0 Å². The van der Waals surface area contributed by atoms with Crippen LogP contribution in [0.15, 0.2) is 30.5 Å². The summed E-state index contributed by atoms with van der Waals surface area (Å²) < 4.78 is 37.7. The highest BCUT2D eigenvalue weighted by Gasteiger charge is 2.30. The SMILES string of the molecule is CN(CC(O)CO)c1nncc(-c2ccc(C(F)(F)F)cc2)n1. The first-order valence-corrected chi connectivity index (χ1v) is 6.68. The topological polar surface area (TPSA) is 82.4 Å². The van der Waals surface area contributed by atoms with Gasteiger partial charge in [-0.05, 0) is 12.1 Å². The number of aliphatic hydroxyl groups is 2. The molecule has 0 saturated carbocycles. The average molecular weight is 328 g/mol. The van der Waals surface area contributed by atoms with E-state index in [0.717, 1.165) is 12.1 Å². The van der Waals surface area contributed by atoms with Crippen LogP contribution in [-0.4, -0.2) is 51.7 Å². The molecule has 9 heteroatoms. The fraction of sp³-hybridized carbons (Fsp3) is 0.357. The molecular weight excluding hydrogens is 313 g/mol. The minimum absolute atomic E-state index is 0.0919. The third kappa shape index (κ3) is 4.36. The zero-order chi connectivity index (χ0) is 17.0. The van der Waals surface area contributed by atoms with Crippen LogP contribution in [0.1, 0.15) is 5.56 Å². The fourth-order valence-corrected chi connectivity index (χ4v) is 1.88. The summed E-state index contributed by atoms with van der Waals surface area (Å²) >= 11 is 0. The van der Waals surface area contributed by atoms with Crippen LogP contribution in [0.3, 0.4) is 0 Å². The van der Waals surface area contributed by atoms with Crippen molar-refractivity contribution in [3.8, 4) is 11.3 Å². The number of anilines is 1. The maximum atomic E-state index is 12.6. The summed E-state index contributed by atoms with van der Waals surface area (Å²) in [4.78, 5) is 5.69. The lowest BCUT2D eigenvalue weighted by Gasteiger charge is -2.19. The molecule has 1 aromatic heterocycles. The first kappa shape index (κ1) is 17.1. The molecule has 0 bridgehead atoms. The van der Waals surface area contributed by atoms with Gasteiger partial charge in [0.15, 0.2) is 0 Å². The minimum Gasteiger partial charge on any atom is -0.394 e. The van der Waals surface area contributed by atoms with Crippen LogP contribution in [0.5, 0.6) is 0 Å². The Kier molecular flexibility index (Phi) is 5.12. The van der Waals surface area contributed by atoms with Gasteiger partial charge in [-0.3, -0.25) is 0 Å². The van der Waals surface area contributed by atoms with E-state index in [9.17, 15) is 18.3 Å². The van der Waals surface area contributed by atoms with E-state index in [1.165, 1.54) is 23.2 Å². The van der Waals surface area contributed by atoms with Crippen molar-refractivity contribution in [2.75, 3.05) is 25.1 Å². The number of hydrogen-bond donors (Lipinski definition) is 2. The molecule has 0 saturated heterocycles. The molecule has 2 N–H and O–H groups in total. The van der Waals surface area contributed by atoms with E-state index in [-0.39, 0.29) is 12.5 Å². The molecule has 1 heterocycles. The summed E-state index contributed by atoms with van der Waals surface area (Å²) in [6, 6.07) is 4.55. The number of nitrogens with zero attached hydrogens (tertiary/aromatic N) is 4. The molecule has 0 radical (unpaired) electrons. The lowest BCUT2D eigenvalue weighted by molar-refractivity contribution is -0.137. The second kappa shape index (κ2) is 6.88. The van der Waals surface area contributed by atoms with Crippen molar-refractivity contribution >= 4 is 5.95 Å². The van der Waals surface area contributed by atoms with E-state index < -0.39 is 24.5 Å². The molecule has 1 unspecified atom stereocenters. The Bertz CT molecular complexity index is 649. The number of aromatic nitrogens is 3. The smallest absolute Gasteiger partial charge is 0.394 e. The monoisotopic (exact) mass is 328 g/mol. The zero-order valence-corrected chi connectivity index (χ0v) is 12.2. The van der Waals surface area contributed by atoms with Crippen LogP contribution >= 0.6 is 0 Å². The summed E-state index contributed by atoms with van der Waals surface area (Å²) in [5.41, 5.74) is 0.0750. The second-order valence-electron chi connectivity index (χ2n) is 4.93. The van der Waals surface area contributed by atoms with Gasteiger partial charge in [0.1, 0.15) is 0 Å². The van der Waals surface area contributed by atoms with Crippen molar-refractivity contribution in [1.29, 1.82) is 0 Å². The summed E-state index contributed by atoms with van der Waals surface area (Å²) in [6.45, 7) is -0.314. The van der Waals surface area contributed by atoms with Gasteiger partial charge in [0.2, 0.25) is 5.95 Å². The summed E-state index contributed by atoms with van der Waals surface area (Å²) in [7, 11) is 1.60. The lowest BCUT2D eigenvalue weighted by Crippen LogP contribution is -2.32. The fourth-order valence-electron chi connectivity index (χ4n) is 1.88. The third-order valence-corrected chi connectivity index (χ3v) is 3.09. The predicted octanol–water partition coefficient (Wildman–Crippen LogP) is 1.35. The van der Waals surface area contributed by atoms with Gasteiger partial charge in [-0.25, -0.2) is 4.98 Å². The molecule has 1 aromatic carbocycles. The third-order valence-electron chi connectivity index (χ3n) is 3.09. The molecule has 2 rings (SSSR count). The second-order valence-corrected chi connectivity index (χ2v) is 4.93. The van der Waals surface area contributed by atoms with E-state index in [1.807, 2.05) is 0 Å². The zero-order valence-electron chi connectivity index (χ0n) is 12.2. The van der Waals surface area contributed by atoms with Crippen LogP contribution in [0.2, 0.25) is 0 Å². The Morgan fingerprint density at radius 1 is 1.22 bits per heavy atom. The largest absolute Gasteiger partial charge is 0.416 e. The van der Waals surface area contributed by atoms with Crippen molar-refractivity contribution in [2.24, 2.45) is 0 Å². The number of aliphatic hydroxyl groups excluding tert-OH is 2. The van der Waals surface area contributed by atoms with E-state index in [0.29, 0.717) is 11.3 Å². The van der Waals surface area contributed by atoms with Gasteiger partial charge >= 0.3 is 6.18 Å². The minimum atomic E-state index is -4.39. The van der Waals surface area contributed by atoms with Crippen molar-refractivity contribution in [1.82, 2.24) is 15.2 Å². The highest BCUT2D eigenvalue weighted by molar-refractivity contribution is 5.59. The van der Waals surface area contributed by atoms with E-state index in [4.69, 9.17) is 5.11 Å². The summed E-state index contributed by atoms with van der Waals surface area (Å²) in [5, 5.41) is 25.8. The Labute approximate surface area is 130 Å². The van der Waals surface area contributed by atoms with Gasteiger partial charge < -0.3 is 15.1 Å². The molecule has 0 aliphatic carbocycles. The Balaban J connectivity index is 2.22. The van der Waals surface area contributed by atoms with Crippen molar-refractivity contribution in [3.63, 3.8) is 0 Å². The maximum Gasteiger partial charge on any atom is 0.416 e. The molecular formula is C14H15F3N4O2. The molecule has 1 atom stereocenters. The molecule has 2 aromatic rings. The number of rotatable bonds is 5. The van der Waals surface area contributed by atoms with Crippen LogP contribution < -0.4 is 4.90 Å². The number of halogens is 3. The highest BCUT2D eigenvalue weighted by atomic mass is 19.4. The number of benzene rings is 1. The van der Waals surface area contributed by atoms with Gasteiger partial charge in [-0.1, -0.05) is 12.1 Å². The van der Waals surface area contributed by atoms with Gasteiger partial charge in [-0.15, -0.1) is 5.10 Å². The molecule has 6 nitrogen and oxygen atoms in total. The van der Waals surface area contributed by atoms with Crippen LogP contribution in [0.25, 0.3) is 11.3 Å². The predicted molar refractivity (Wildman–Crippen MR) is 76.6 cm³/mol. The Morgan fingerprint density at radius 3 is 2.43 bits per heavy atom. The molecule has 124 valence electrons. The lowest BCUT2D eigenvalue weighted by atomic mass is 10.1. The Morgan fingerprint density at radius 2 is 1.87 bits per heavy atom. The molecule has 0 amide bonds. The number of likely N-dealkylation sites (N-methyl/N-ethyl adjacent to an activating group) is 1. The van der Waals surface area contributed by atoms with Crippen molar-refractivity contribution in [2.45, 2.75) is 12.3 Å². The van der Waals surface area contributed by atoms with Crippen molar-refractivity contribution in [3.05, 3.63) is 36.0 Å². The van der Waals surface area contributed by atoms with E-state index >= 15 is 0 Å². The van der Waals surface area contributed by atoms with E-state index in [1.54, 1.807) is 7.05 Å². The van der Waals surface area contributed by atoms with Crippen LogP contribution in [0.4, 0.5) is 19.1 Å². The average Bonchev–Trinajstić information content (AvgIpc) is 2.54. The summed E-state index contributed by atoms with van der Waals surface area (Å²) in [6.07, 6.45) is -4.02. The molecule has 0 aliphatic rings. The van der Waals surface area contributed by atoms with Crippen LogP contribution in [-0.2, 0) is 6.18 Å². The molecule has 0 aliphatic heterocycles. The standard InChI is InChI=1S/C14H15F3N4O2/c1-21(7-11(23)8-22)13-19-12(6-18-20-13)9-2-4-10(5-3-9)14(15,16)17/h2-6,11,22-23H,7-8H2,1H3. The first-order chi connectivity index (χ1) is 10.8. The number of hydrogen-bond acceptors (Lipinski definition) is 6. The number of alkyl halides is 3. The van der Waals surface area contributed by atoms with Gasteiger partial charge in [0, 0.05) is 19.2 Å². The van der Waals surface area contributed by atoms with Gasteiger partial charge in [0.25, 0.3) is 0 Å². The molecule has 23 heavy (non-hydrogen) atoms. The molecule has 0 fully saturated rings. The quantitative estimate of drug-likeness (QED) is 0.862. The maximum absolute atomic E-state index is 12.6. The normalized spacial score (nSPS) is 13.0. The van der Waals surface area contributed by atoms with Gasteiger partial charge in [0.05, 0.1) is 30.2 Å². The highest BCUT2D eigenvalue weighted by Crippen LogP contribution is 2.30. The summed E-state index contributed by atoms with van der Waals surface area (Å²) in [5.74, 6) is 0.190. The first-order valence-electron chi connectivity index (χ1n) is 6.68.